The average Bonchev–Trinajstić information content (AvgIpc) is 3.37. The summed E-state index contributed by atoms with van der Waals surface area (Å²) >= 11 is 3.85. The number of hydrogen-bond acceptors (Lipinski definition) is 6. The van der Waals surface area contributed by atoms with Crippen LogP contribution in [0.2, 0.25) is 0 Å². The van der Waals surface area contributed by atoms with E-state index in [4.69, 9.17) is 9.26 Å². The number of esters is 1. The summed E-state index contributed by atoms with van der Waals surface area (Å²) in [6, 6.07) is 13.6. The molecule has 0 atom stereocenters. The molecule has 2 aromatic carbocycles. The molecule has 1 aliphatic heterocycles. The number of benzene rings is 2. The number of thioether (sulfide) groups is 2. The molecule has 1 aromatic heterocycles. The smallest absolute Gasteiger partial charge is 0.338 e. The first-order valence-corrected chi connectivity index (χ1v) is 10.9. The van der Waals surface area contributed by atoms with E-state index in [2.05, 4.69) is 5.16 Å². The lowest BCUT2D eigenvalue weighted by atomic mass is 10.1. The SMILES string of the molecule is Cc1c(COC(=O)c2ccc(C3SCCS3)cc2)noc1-c1ccc(F)cc1. The summed E-state index contributed by atoms with van der Waals surface area (Å²) in [5.41, 5.74) is 3.77. The van der Waals surface area contributed by atoms with Crippen LogP contribution in [0.1, 0.15) is 31.8 Å². The van der Waals surface area contributed by atoms with Crippen LogP contribution in [0.15, 0.2) is 53.1 Å². The number of nitrogens with zero attached hydrogens (tertiary/aromatic N) is 1. The van der Waals surface area contributed by atoms with Crippen LogP contribution < -0.4 is 0 Å². The second-order valence-corrected chi connectivity index (χ2v) is 9.09. The van der Waals surface area contributed by atoms with Crippen molar-refractivity contribution in [2.45, 2.75) is 18.1 Å². The molecule has 2 heterocycles. The highest BCUT2D eigenvalue weighted by Crippen LogP contribution is 2.45. The van der Waals surface area contributed by atoms with Gasteiger partial charge in [0.05, 0.1) is 10.1 Å². The van der Waals surface area contributed by atoms with Crippen molar-refractivity contribution >= 4 is 29.5 Å². The number of rotatable bonds is 5. The summed E-state index contributed by atoms with van der Waals surface area (Å²) in [4.78, 5) is 12.3. The van der Waals surface area contributed by atoms with Gasteiger partial charge in [0.25, 0.3) is 0 Å². The van der Waals surface area contributed by atoms with Gasteiger partial charge in [0, 0.05) is 22.6 Å². The van der Waals surface area contributed by atoms with E-state index < -0.39 is 5.97 Å². The average molecular weight is 416 g/mol. The summed E-state index contributed by atoms with van der Waals surface area (Å²) in [6.45, 7) is 1.86. The standard InChI is InChI=1S/C21H18FNO3S2/c1-13-18(23-26-19(13)14-6-8-17(22)9-7-14)12-25-20(24)15-2-4-16(5-3-15)21-27-10-11-28-21/h2-9,21H,10-12H2,1H3. The highest BCUT2D eigenvalue weighted by Gasteiger charge is 2.19. The third kappa shape index (κ3) is 4.10. The van der Waals surface area contributed by atoms with E-state index in [1.165, 1.54) is 17.7 Å². The molecule has 28 heavy (non-hydrogen) atoms. The molecule has 0 spiro atoms. The van der Waals surface area contributed by atoms with Gasteiger partial charge in [-0.1, -0.05) is 17.3 Å². The first kappa shape index (κ1) is 19.1. The van der Waals surface area contributed by atoms with Gasteiger partial charge in [-0.25, -0.2) is 9.18 Å². The van der Waals surface area contributed by atoms with E-state index in [0.29, 0.717) is 21.6 Å². The number of halogens is 1. The van der Waals surface area contributed by atoms with Gasteiger partial charge in [-0.05, 0) is 48.9 Å². The van der Waals surface area contributed by atoms with Crippen LogP contribution in [0.4, 0.5) is 4.39 Å². The Bertz CT molecular complexity index is 964. The number of ether oxygens (including phenoxy) is 1. The third-order valence-electron chi connectivity index (χ3n) is 4.51. The number of hydrogen-bond donors (Lipinski definition) is 0. The molecular formula is C21H18FNO3S2. The van der Waals surface area contributed by atoms with Gasteiger partial charge in [0.1, 0.15) is 18.1 Å². The van der Waals surface area contributed by atoms with Crippen LogP contribution in [0.3, 0.4) is 0 Å². The molecule has 0 amide bonds. The molecule has 1 saturated heterocycles. The molecule has 7 heteroatoms. The molecule has 0 N–H and O–H groups in total. The molecule has 0 radical (unpaired) electrons. The largest absolute Gasteiger partial charge is 0.455 e. The Labute approximate surface area is 170 Å². The fourth-order valence-corrected chi connectivity index (χ4v) is 5.78. The van der Waals surface area contributed by atoms with E-state index >= 15 is 0 Å². The maximum absolute atomic E-state index is 13.1. The zero-order valence-electron chi connectivity index (χ0n) is 15.2. The summed E-state index contributed by atoms with van der Waals surface area (Å²) in [6.07, 6.45) is 0. The van der Waals surface area contributed by atoms with E-state index in [1.807, 2.05) is 42.6 Å². The lowest BCUT2D eigenvalue weighted by Gasteiger charge is -2.09. The van der Waals surface area contributed by atoms with Crippen molar-refractivity contribution in [3.63, 3.8) is 0 Å². The predicted octanol–water partition coefficient (Wildman–Crippen LogP) is 5.62. The minimum atomic E-state index is -0.399. The maximum Gasteiger partial charge on any atom is 0.338 e. The summed E-state index contributed by atoms with van der Waals surface area (Å²) in [5, 5.41) is 4.00. The zero-order chi connectivity index (χ0) is 19.5. The van der Waals surface area contributed by atoms with E-state index in [-0.39, 0.29) is 12.4 Å². The number of aromatic nitrogens is 1. The molecule has 4 nitrogen and oxygen atoms in total. The molecule has 4 rings (SSSR count). The lowest BCUT2D eigenvalue weighted by Crippen LogP contribution is -2.06. The first-order chi connectivity index (χ1) is 13.6. The topological polar surface area (TPSA) is 52.3 Å². The zero-order valence-corrected chi connectivity index (χ0v) is 16.8. The maximum atomic E-state index is 13.1. The molecule has 0 saturated carbocycles. The van der Waals surface area contributed by atoms with Crippen LogP contribution in [0.5, 0.6) is 0 Å². The molecular weight excluding hydrogens is 397 g/mol. The Morgan fingerprint density at radius 1 is 1.14 bits per heavy atom. The fraction of sp³-hybridized carbons (Fsp3) is 0.238. The van der Waals surface area contributed by atoms with Gasteiger partial charge in [-0.15, -0.1) is 23.5 Å². The van der Waals surface area contributed by atoms with Crippen LogP contribution in [0.25, 0.3) is 11.3 Å². The molecule has 3 aromatic rings. The second kappa shape index (κ2) is 8.41. The highest BCUT2D eigenvalue weighted by molar-refractivity contribution is 8.19. The number of carbonyl (C=O) groups is 1. The lowest BCUT2D eigenvalue weighted by molar-refractivity contribution is 0.0464. The van der Waals surface area contributed by atoms with Crippen molar-refractivity contribution in [3.05, 3.63) is 76.7 Å². The van der Waals surface area contributed by atoms with Crippen LogP contribution in [0, 0.1) is 12.7 Å². The first-order valence-electron chi connectivity index (χ1n) is 8.83. The molecule has 1 aliphatic rings. The molecule has 0 bridgehead atoms. The van der Waals surface area contributed by atoms with Crippen LogP contribution in [-0.4, -0.2) is 22.6 Å². The second-order valence-electron chi connectivity index (χ2n) is 6.36. The van der Waals surface area contributed by atoms with Gasteiger partial charge in [-0.3, -0.25) is 0 Å². The predicted molar refractivity (Wildman–Crippen MR) is 110 cm³/mol. The highest BCUT2D eigenvalue weighted by atomic mass is 32.2. The van der Waals surface area contributed by atoms with Crippen molar-refractivity contribution in [3.8, 4) is 11.3 Å². The van der Waals surface area contributed by atoms with Gasteiger partial charge in [0.2, 0.25) is 0 Å². The monoisotopic (exact) mass is 415 g/mol. The summed E-state index contributed by atoms with van der Waals surface area (Å²) in [5.74, 6) is 2.16. The summed E-state index contributed by atoms with van der Waals surface area (Å²) < 4.78 is 24.3. The number of carbonyl (C=O) groups excluding carboxylic acids is 1. The molecule has 0 unspecified atom stereocenters. The molecule has 1 fully saturated rings. The van der Waals surface area contributed by atoms with Crippen molar-refractivity contribution in [1.29, 1.82) is 0 Å². The van der Waals surface area contributed by atoms with Crippen LogP contribution in [-0.2, 0) is 11.3 Å². The van der Waals surface area contributed by atoms with Gasteiger partial charge >= 0.3 is 5.97 Å². The molecule has 0 aliphatic carbocycles. The Morgan fingerprint density at radius 2 is 1.82 bits per heavy atom. The summed E-state index contributed by atoms with van der Waals surface area (Å²) in [7, 11) is 0. The van der Waals surface area contributed by atoms with E-state index in [0.717, 1.165) is 22.6 Å². The Hall–Kier alpha value is -2.25. The van der Waals surface area contributed by atoms with Crippen LogP contribution >= 0.6 is 23.5 Å². The minimum absolute atomic E-state index is 0.0193. The van der Waals surface area contributed by atoms with E-state index in [9.17, 15) is 9.18 Å². The van der Waals surface area contributed by atoms with Crippen molar-refractivity contribution in [2.75, 3.05) is 11.5 Å². The van der Waals surface area contributed by atoms with E-state index in [1.54, 1.807) is 24.3 Å². The Balaban J connectivity index is 1.40. The normalized spacial score (nSPS) is 14.4. The van der Waals surface area contributed by atoms with Gasteiger partial charge in [-0.2, -0.15) is 0 Å². The van der Waals surface area contributed by atoms with Crippen molar-refractivity contribution in [2.24, 2.45) is 0 Å². The minimum Gasteiger partial charge on any atom is -0.455 e. The molecule has 144 valence electrons. The Morgan fingerprint density at radius 3 is 2.50 bits per heavy atom. The third-order valence-corrected chi connectivity index (χ3v) is 7.61. The Kier molecular flexibility index (Phi) is 5.73. The quantitative estimate of drug-likeness (QED) is 0.504. The van der Waals surface area contributed by atoms with Crippen molar-refractivity contribution < 1.29 is 18.4 Å². The van der Waals surface area contributed by atoms with Gasteiger partial charge < -0.3 is 9.26 Å². The van der Waals surface area contributed by atoms with Crippen molar-refractivity contribution in [1.82, 2.24) is 5.16 Å². The fourth-order valence-electron chi connectivity index (χ4n) is 2.92. The van der Waals surface area contributed by atoms with Gasteiger partial charge in [0.15, 0.2) is 5.76 Å².